The molecule has 1 atom stereocenters. The van der Waals surface area contributed by atoms with Gasteiger partial charge in [-0.3, -0.25) is 14.5 Å². The van der Waals surface area contributed by atoms with Gasteiger partial charge in [0.15, 0.2) is 0 Å². The Morgan fingerprint density at radius 3 is 2.26 bits per heavy atom. The molecule has 2 amide bonds. The molecule has 27 heavy (non-hydrogen) atoms. The normalized spacial score (nSPS) is 15.7. The first kappa shape index (κ1) is 26.1. The van der Waals surface area contributed by atoms with E-state index in [4.69, 9.17) is 5.73 Å². The lowest BCUT2D eigenvalue weighted by Gasteiger charge is -2.34. The molecule has 1 fully saturated rings. The quantitative estimate of drug-likeness (QED) is 0.680. The van der Waals surface area contributed by atoms with Crippen molar-refractivity contribution in [1.82, 2.24) is 15.1 Å². The van der Waals surface area contributed by atoms with Crippen molar-refractivity contribution in [2.24, 2.45) is 11.7 Å². The number of thiophene rings is 1. The minimum atomic E-state index is -0.566. The van der Waals surface area contributed by atoms with E-state index in [9.17, 15) is 9.59 Å². The highest BCUT2D eigenvalue weighted by Crippen LogP contribution is 2.19. The largest absolute Gasteiger partial charge is 0.346 e. The van der Waals surface area contributed by atoms with Gasteiger partial charge >= 0.3 is 0 Å². The highest BCUT2D eigenvalue weighted by Gasteiger charge is 2.23. The minimum absolute atomic E-state index is 0. The Kier molecular flexibility index (Phi) is 12.2. The fraction of sp³-hybridized carbons (Fsp3) is 0.667. The lowest BCUT2D eigenvalue weighted by molar-refractivity contribution is -0.134. The molecule has 6 nitrogen and oxygen atoms in total. The molecule has 1 aliphatic rings. The van der Waals surface area contributed by atoms with E-state index in [1.165, 1.54) is 9.75 Å². The second kappa shape index (κ2) is 12.6. The van der Waals surface area contributed by atoms with Gasteiger partial charge in [0.25, 0.3) is 0 Å². The van der Waals surface area contributed by atoms with Crippen LogP contribution in [0.5, 0.6) is 0 Å². The highest BCUT2D eigenvalue weighted by molar-refractivity contribution is 7.11. The number of amides is 2. The van der Waals surface area contributed by atoms with Crippen LogP contribution in [0.2, 0.25) is 0 Å². The van der Waals surface area contributed by atoms with Gasteiger partial charge in [-0.2, -0.15) is 0 Å². The maximum Gasteiger partial charge on any atom is 0.242 e. The van der Waals surface area contributed by atoms with Crippen LogP contribution in [0.3, 0.4) is 0 Å². The van der Waals surface area contributed by atoms with Gasteiger partial charge in [0.05, 0.1) is 12.6 Å². The molecule has 1 saturated heterocycles. The number of rotatable bonds is 7. The Morgan fingerprint density at radius 1 is 1.15 bits per heavy atom. The van der Waals surface area contributed by atoms with Gasteiger partial charge in [-0.15, -0.1) is 36.2 Å². The molecule has 0 bridgehead atoms. The van der Waals surface area contributed by atoms with E-state index in [0.717, 1.165) is 26.1 Å². The van der Waals surface area contributed by atoms with E-state index < -0.39 is 6.04 Å². The molecule has 1 aromatic rings. The van der Waals surface area contributed by atoms with Crippen LogP contribution in [-0.2, 0) is 22.6 Å². The summed E-state index contributed by atoms with van der Waals surface area (Å²) < 4.78 is 0. The maximum atomic E-state index is 12.3. The van der Waals surface area contributed by atoms with Crippen molar-refractivity contribution in [3.63, 3.8) is 0 Å². The number of piperazine rings is 1. The first-order chi connectivity index (χ1) is 11.9. The van der Waals surface area contributed by atoms with Crippen LogP contribution in [0.15, 0.2) is 12.1 Å². The molecule has 0 aliphatic carbocycles. The van der Waals surface area contributed by atoms with Gasteiger partial charge in [0.1, 0.15) is 0 Å². The molecule has 3 N–H and O–H groups in total. The molecule has 2 heterocycles. The number of nitrogens with zero attached hydrogens (tertiary/aromatic N) is 2. The van der Waals surface area contributed by atoms with Crippen molar-refractivity contribution in [1.29, 1.82) is 0 Å². The second-order valence-corrected chi connectivity index (χ2v) is 8.12. The third-order valence-corrected chi connectivity index (χ3v) is 5.82. The maximum absolute atomic E-state index is 12.3. The molecule has 156 valence electrons. The van der Waals surface area contributed by atoms with Crippen LogP contribution >= 0.6 is 36.2 Å². The summed E-state index contributed by atoms with van der Waals surface area (Å²) in [6.45, 7) is 10.1. The number of nitrogens with two attached hydrogens (primary N) is 1. The van der Waals surface area contributed by atoms with Crippen LogP contribution in [0.25, 0.3) is 0 Å². The Bertz CT molecular complexity index is 590. The van der Waals surface area contributed by atoms with Gasteiger partial charge < -0.3 is 16.0 Å². The lowest BCUT2D eigenvalue weighted by Crippen LogP contribution is -2.52. The lowest BCUT2D eigenvalue weighted by atomic mass is 10.1. The molecular weight excluding hydrogens is 407 g/mol. The Labute approximate surface area is 178 Å². The minimum Gasteiger partial charge on any atom is -0.346 e. The summed E-state index contributed by atoms with van der Waals surface area (Å²) in [4.78, 5) is 31.1. The van der Waals surface area contributed by atoms with E-state index in [2.05, 4.69) is 29.3 Å². The van der Waals surface area contributed by atoms with Crippen LogP contribution in [0.4, 0.5) is 0 Å². The van der Waals surface area contributed by atoms with E-state index in [0.29, 0.717) is 13.1 Å². The molecule has 0 radical (unpaired) electrons. The van der Waals surface area contributed by atoms with Crippen LogP contribution in [0.1, 0.15) is 30.5 Å². The van der Waals surface area contributed by atoms with E-state index in [-0.39, 0.29) is 49.1 Å². The number of nitrogens with one attached hydrogen (secondary N) is 1. The zero-order valence-corrected chi connectivity index (χ0v) is 18.7. The Hall–Kier alpha value is -0.860. The van der Waals surface area contributed by atoms with Gasteiger partial charge in [-0.05, 0) is 24.5 Å². The van der Waals surface area contributed by atoms with Crippen molar-refractivity contribution in [2.45, 2.75) is 39.8 Å². The molecule has 1 aliphatic heterocycles. The molecule has 0 saturated carbocycles. The first-order valence-corrected chi connectivity index (χ1v) is 9.83. The third kappa shape index (κ3) is 7.95. The number of aryl methyl sites for hydroxylation is 1. The summed E-state index contributed by atoms with van der Waals surface area (Å²) in [6, 6.07) is 3.84. The average Bonchev–Trinajstić information content (AvgIpc) is 3.06. The fourth-order valence-corrected chi connectivity index (χ4v) is 3.77. The summed E-state index contributed by atoms with van der Waals surface area (Å²) in [5.74, 6) is -0.233. The molecular formula is C18H32Cl2N4O2S. The Morgan fingerprint density at radius 2 is 1.74 bits per heavy atom. The predicted octanol–water partition coefficient (Wildman–Crippen LogP) is 1.90. The second-order valence-electron chi connectivity index (χ2n) is 6.87. The summed E-state index contributed by atoms with van der Waals surface area (Å²) in [7, 11) is 0. The van der Waals surface area contributed by atoms with E-state index >= 15 is 0 Å². The molecule has 0 spiro atoms. The van der Waals surface area contributed by atoms with Crippen molar-refractivity contribution >= 4 is 48.0 Å². The topological polar surface area (TPSA) is 78.7 Å². The van der Waals surface area contributed by atoms with Crippen LogP contribution in [-0.4, -0.2) is 60.4 Å². The molecule has 2 rings (SSSR count). The molecule has 1 aromatic heterocycles. The molecule has 0 unspecified atom stereocenters. The smallest absolute Gasteiger partial charge is 0.242 e. The summed E-state index contributed by atoms with van der Waals surface area (Å²) in [5.41, 5.74) is 5.79. The summed E-state index contributed by atoms with van der Waals surface area (Å²) in [6.07, 6.45) is 1.08. The van der Waals surface area contributed by atoms with E-state index in [1.54, 1.807) is 0 Å². The number of carbonyl (C=O) groups excluding carboxylic acids is 2. The average molecular weight is 439 g/mol. The fourth-order valence-electron chi connectivity index (χ4n) is 2.77. The SMILES string of the molecule is CCc1ccc(CN2CCN(C(=O)CNC(=O)[C@@H](N)C(C)C)CC2)s1.Cl.Cl. The van der Waals surface area contributed by atoms with Crippen LogP contribution in [0, 0.1) is 5.92 Å². The van der Waals surface area contributed by atoms with Gasteiger partial charge in [0.2, 0.25) is 11.8 Å². The van der Waals surface area contributed by atoms with Crippen molar-refractivity contribution < 1.29 is 9.59 Å². The number of hydrogen-bond donors (Lipinski definition) is 2. The van der Waals surface area contributed by atoms with E-state index in [1.807, 2.05) is 30.1 Å². The van der Waals surface area contributed by atoms with Gasteiger partial charge in [-0.1, -0.05) is 20.8 Å². The number of halogens is 2. The van der Waals surface area contributed by atoms with Crippen molar-refractivity contribution in [3.05, 3.63) is 21.9 Å². The van der Waals surface area contributed by atoms with Crippen molar-refractivity contribution in [2.75, 3.05) is 32.7 Å². The third-order valence-electron chi connectivity index (χ3n) is 4.61. The zero-order chi connectivity index (χ0) is 18.4. The Balaban J connectivity index is 0.00000338. The molecule has 9 heteroatoms. The zero-order valence-electron chi connectivity index (χ0n) is 16.3. The standard InChI is InChI=1S/C18H30N4O2S.2ClH/c1-4-14-5-6-15(25-14)12-21-7-9-22(10-8-21)16(23)11-20-18(24)17(19)13(2)3;;/h5-6,13,17H,4,7-12,19H2,1-3H3,(H,20,24);2*1H/t17-;;/m0../s1. The summed E-state index contributed by atoms with van der Waals surface area (Å²) >= 11 is 1.87. The van der Waals surface area contributed by atoms with Gasteiger partial charge in [-0.25, -0.2) is 0 Å². The monoisotopic (exact) mass is 438 g/mol. The first-order valence-electron chi connectivity index (χ1n) is 9.01. The summed E-state index contributed by atoms with van der Waals surface area (Å²) in [5, 5.41) is 2.65. The number of hydrogen-bond acceptors (Lipinski definition) is 5. The van der Waals surface area contributed by atoms with Crippen molar-refractivity contribution in [3.8, 4) is 0 Å². The van der Waals surface area contributed by atoms with Gasteiger partial charge in [0, 0.05) is 42.5 Å². The van der Waals surface area contributed by atoms with Crippen LogP contribution < -0.4 is 11.1 Å². The highest BCUT2D eigenvalue weighted by atomic mass is 35.5. The molecule has 0 aromatic carbocycles. The number of carbonyl (C=O) groups is 2. The predicted molar refractivity (Wildman–Crippen MR) is 116 cm³/mol.